The number of esters is 3. The molecule has 0 amide bonds. The van der Waals surface area contributed by atoms with E-state index in [4.69, 9.17) is 23.4 Å². The van der Waals surface area contributed by atoms with Crippen molar-refractivity contribution < 1.29 is 42.9 Å². The van der Waals surface area contributed by atoms with Crippen molar-refractivity contribution in [3.8, 4) is 0 Å². The third kappa shape index (κ3) is 5.29. The molecule has 1 aliphatic rings. The number of hydrogen-bond acceptors (Lipinski definition) is 11. The minimum absolute atomic E-state index is 0.221. The highest BCUT2D eigenvalue weighted by Crippen LogP contribution is 2.36. The fraction of sp³-hybridized carbons (Fsp3) is 0.474. The molecule has 0 unspecified atom stereocenters. The number of ether oxygens (including phenoxy) is 4. The van der Waals surface area contributed by atoms with Gasteiger partial charge in [-0.25, -0.2) is 4.98 Å². The van der Waals surface area contributed by atoms with Gasteiger partial charge >= 0.3 is 17.9 Å². The van der Waals surface area contributed by atoms with E-state index in [1.165, 1.54) is 13.8 Å². The highest BCUT2D eigenvalue weighted by atomic mass is 32.2. The first-order chi connectivity index (χ1) is 14.2. The predicted octanol–water partition coefficient (Wildman–Crippen LogP) is 1.43. The summed E-state index contributed by atoms with van der Waals surface area (Å²) in [6.07, 6.45) is -4.80. The number of para-hydroxylation sites is 2. The Balaban J connectivity index is 1.87. The molecule has 11 heteroatoms. The molecule has 10 nitrogen and oxygen atoms in total. The average Bonchev–Trinajstić information content (AvgIpc) is 3.07. The first kappa shape index (κ1) is 22.1. The van der Waals surface area contributed by atoms with Gasteiger partial charge in [0.25, 0.3) is 5.22 Å². The van der Waals surface area contributed by atoms with Gasteiger partial charge in [0.1, 0.15) is 29.8 Å². The van der Waals surface area contributed by atoms with Crippen molar-refractivity contribution in [2.24, 2.45) is 0 Å². The normalized spacial score (nSPS) is 26.2. The summed E-state index contributed by atoms with van der Waals surface area (Å²) in [6, 6.07) is 7.11. The molecule has 1 aliphatic heterocycles. The summed E-state index contributed by atoms with van der Waals surface area (Å²) in [4.78, 5) is 38.8. The maximum atomic E-state index is 11.6. The lowest BCUT2D eigenvalue weighted by Gasteiger charge is -2.42. The van der Waals surface area contributed by atoms with Crippen LogP contribution < -0.4 is 0 Å². The number of carbonyl (C=O) groups excluding carboxylic acids is 3. The fourth-order valence-electron chi connectivity index (χ4n) is 2.99. The number of fused-ring (bicyclic) bond motifs is 1. The topological polar surface area (TPSA) is 134 Å². The Kier molecular flexibility index (Phi) is 6.95. The van der Waals surface area contributed by atoms with E-state index in [0.29, 0.717) is 11.1 Å². The van der Waals surface area contributed by atoms with Gasteiger partial charge in [-0.15, -0.1) is 0 Å². The Labute approximate surface area is 175 Å². The Morgan fingerprint density at radius 1 is 1.07 bits per heavy atom. The van der Waals surface area contributed by atoms with E-state index < -0.39 is 47.8 Å². The van der Waals surface area contributed by atoms with Crippen LogP contribution in [0.1, 0.15) is 20.8 Å². The van der Waals surface area contributed by atoms with Crippen molar-refractivity contribution in [1.82, 2.24) is 4.98 Å². The first-order valence-electron chi connectivity index (χ1n) is 9.08. The molecule has 0 radical (unpaired) electrons. The summed E-state index contributed by atoms with van der Waals surface area (Å²) in [7, 11) is 0. The Morgan fingerprint density at radius 2 is 1.73 bits per heavy atom. The van der Waals surface area contributed by atoms with Gasteiger partial charge in [-0.3, -0.25) is 14.4 Å². The Hall–Kier alpha value is -2.63. The van der Waals surface area contributed by atoms with Crippen LogP contribution in [0.4, 0.5) is 0 Å². The number of aliphatic hydroxyl groups excluding tert-OH is 1. The number of benzene rings is 1. The molecule has 30 heavy (non-hydrogen) atoms. The molecule has 1 fully saturated rings. The minimum atomic E-state index is -1.38. The summed E-state index contributed by atoms with van der Waals surface area (Å²) in [6.45, 7) is 3.27. The van der Waals surface area contributed by atoms with E-state index in [1.807, 2.05) is 0 Å². The highest BCUT2D eigenvalue weighted by Gasteiger charge is 2.50. The van der Waals surface area contributed by atoms with E-state index in [0.717, 1.165) is 18.7 Å². The maximum absolute atomic E-state index is 11.6. The molecule has 5 atom stereocenters. The summed E-state index contributed by atoms with van der Waals surface area (Å²) in [5.41, 5.74) is 0.168. The molecule has 3 rings (SSSR count). The number of rotatable bonds is 6. The van der Waals surface area contributed by atoms with Crippen molar-refractivity contribution >= 4 is 40.8 Å². The third-order valence-electron chi connectivity index (χ3n) is 4.16. The lowest BCUT2D eigenvalue weighted by atomic mass is 9.99. The van der Waals surface area contributed by atoms with Gasteiger partial charge in [0.2, 0.25) is 0 Å². The lowest BCUT2D eigenvalue weighted by Crippen LogP contribution is -2.60. The summed E-state index contributed by atoms with van der Waals surface area (Å²) < 4.78 is 26.9. The zero-order valence-corrected chi connectivity index (χ0v) is 17.3. The van der Waals surface area contributed by atoms with Crippen molar-refractivity contribution in [2.75, 3.05) is 6.61 Å². The third-order valence-corrected chi connectivity index (χ3v) is 5.16. The van der Waals surface area contributed by atoms with Gasteiger partial charge in [0.15, 0.2) is 17.8 Å². The summed E-state index contributed by atoms with van der Waals surface area (Å²) >= 11 is 0.966. The SMILES string of the molecule is CC(=O)OC[C@H]1O[C@@H](Sc2nc3ccccc3o2)[C@H](O)[C@@H](OC(C)=O)[C@@H]1OC(C)=O. The molecule has 162 valence electrons. The smallest absolute Gasteiger partial charge is 0.303 e. The van der Waals surface area contributed by atoms with Gasteiger partial charge in [-0.1, -0.05) is 12.1 Å². The summed E-state index contributed by atoms with van der Waals surface area (Å²) in [5.74, 6) is -1.93. The van der Waals surface area contributed by atoms with E-state index in [-0.39, 0.29) is 11.8 Å². The van der Waals surface area contributed by atoms with Crippen LogP contribution >= 0.6 is 11.8 Å². The zero-order chi connectivity index (χ0) is 21.8. The number of carbonyl (C=O) groups is 3. The Bertz CT molecular complexity index is 897. The monoisotopic (exact) mass is 439 g/mol. The van der Waals surface area contributed by atoms with Crippen LogP contribution in [0.5, 0.6) is 0 Å². The van der Waals surface area contributed by atoms with E-state index in [9.17, 15) is 19.5 Å². The number of oxazole rings is 1. The predicted molar refractivity (Wildman–Crippen MR) is 102 cm³/mol. The van der Waals surface area contributed by atoms with Crippen LogP contribution in [0.15, 0.2) is 33.9 Å². The molecule has 1 aromatic carbocycles. The van der Waals surface area contributed by atoms with E-state index in [2.05, 4.69) is 4.98 Å². The quantitative estimate of drug-likeness (QED) is 0.517. The van der Waals surface area contributed by atoms with Gasteiger partial charge < -0.3 is 28.5 Å². The number of aromatic nitrogens is 1. The fourth-order valence-corrected chi connectivity index (χ4v) is 3.97. The second-order valence-corrected chi connectivity index (χ2v) is 7.60. The van der Waals surface area contributed by atoms with Gasteiger partial charge in [0, 0.05) is 20.8 Å². The van der Waals surface area contributed by atoms with Crippen molar-refractivity contribution in [1.29, 1.82) is 0 Å². The molecular weight excluding hydrogens is 418 g/mol. The minimum Gasteiger partial charge on any atom is -0.463 e. The zero-order valence-electron chi connectivity index (χ0n) is 16.5. The molecule has 1 aromatic heterocycles. The van der Waals surface area contributed by atoms with Crippen molar-refractivity contribution in [2.45, 2.75) is 55.8 Å². The number of hydrogen-bond donors (Lipinski definition) is 1. The number of thioether (sulfide) groups is 1. The largest absolute Gasteiger partial charge is 0.463 e. The van der Waals surface area contributed by atoms with Gasteiger partial charge in [0.05, 0.1) is 0 Å². The Morgan fingerprint density at radius 3 is 2.37 bits per heavy atom. The lowest BCUT2D eigenvalue weighted by molar-refractivity contribution is -0.231. The molecule has 0 saturated carbocycles. The standard InChI is InChI=1S/C19H21NO9S/c1-9(21)25-8-14-16(26-10(2)22)17(27-11(3)23)15(24)18(28-14)30-19-20-12-6-4-5-7-13(12)29-19/h4-7,14-18,24H,8H2,1-3H3/t14-,15-,16-,17-,18+/m1/s1. The molecule has 2 heterocycles. The van der Waals surface area contributed by atoms with Crippen LogP contribution in [0, 0.1) is 0 Å². The molecule has 1 saturated heterocycles. The van der Waals surface area contributed by atoms with E-state index >= 15 is 0 Å². The molecule has 0 aliphatic carbocycles. The van der Waals surface area contributed by atoms with E-state index in [1.54, 1.807) is 24.3 Å². The first-order valence-corrected chi connectivity index (χ1v) is 9.96. The average molecular weight is 439 g/mol. The second-order valence-electron chi connectivity index (χ2n) is 6.55. The molecule has 1 N–H and O–H groups in total. The maximum Gasteiger partial charge on any atom is 0.303 e. The van der Waals surface area contributed by atoms with Gasteiger partial charge in [-0.2, -0.15) is 0 Å². The van der Waals surface area contributed by atoms with Crippen LogP contribution in [0.3, 0.4) is 0 Å². The van der Waals surface area contributed by atoms with Crippen LogP contribution in [0.25, 0.3) is 11.1 Å². The number of aliphatic hydroxyl groups is 1. The molecule has 0 spiro atoms. The summed E-state index contributed by atoms with van der Waals surface area (Å²) in [5, 5.41) is 11.0. The van der Waals surface area contributed by atoms with Crippen LogP contribution in [0.2, 0.25) is 0 Å². The molecule has 0 bridgehead atoms. The van der Waals surface area contributed by atoms with Crippen molar-refractivity contribution in [3.63, 3.8) is 0 Å². The van der Waals surface area contributed by atoms with Crippen molar-refractivity contribution in [3.05, 3.63) is 24.3 Å². The van der Waals surface area contributed by atoms with Crippen LogP contribution in [-0.2, 0) is 33.3 Å². The van der Waals surface area contributed by atoms with Crippen LogP contribution in [-0.4, -0.2) is 64.5 Å². The molecule has 2 aromatic rings. The van der Waals surface area contributed by atoms with Gasteiger partial charge in [-0.05, 0) is 23.9 Å². The molecular formula is C19H21NO9S. The number of nitrogens with zero attached hydrogens (tertiary/aromatic N) is 1. The second kappa shape index (κ2) is 9.45. The highest BCUT2D eigenvalue weighted by molar-refractivity contribution is 7.99.